The first-order valence-electron chi connectivity index (χ1n) is 10.2. The Bertz CT molecular complexity index is 893. The highest BCUT2D eigenvalue weighted by atomic mass is 16.5. The third-order valence-corrected chi connectivity index (χ3v) is 6.13. The van der Waals surface area contributed by atoms with Gasteiger partial charge >= 0.3 is 0 Å². The fourth-order valence-corrected chi connectivity index (χ4v) is 4.38. The van der Waals surface area contributed by atoms with Crippen molar-refractivity contribution in [3.8, 4) is 11.5 Å². The highest BCUT2D eigenvalue weighted by Gasteiger charge is 2.45. The van der Waals surface area contributed by atoms with E-state index in [1.165, 1.54) is 0 Å². The number of fused-ring (bicyclic) bond motifs is 1. The third-order valence-electron chi connectivity index (χ3n) is 6.13. The second-order valence-electron chi connectivity index (χ2n) is 7.93. The first-order chi connectivity index (χ1) is 14.4. The molecule has 5 atom stereocenters. The van der Waals surface area contributed by atoms with Crippen molar-refractivity contribution in [2.75, 3.05) is 20.3 Å². The van der Waals surface area contributed by atoms with Gasteiger partial charge in [-0.2, -0.15) is 0 Å². The summed E-state index contributed by atoms with van der Waals surface area (Å²) in [6, 6.07) is 9.74. The highest BCUT2D eigenvalue weighted by molar-refractivity contribution is 5.54. The lowest BCUT2D eigenvalue weighted by Crippen LogP contribution is -2.55. The molecule has 0 radical (unpaired) electrons. The molecule has 4 N–H and O–H groups in total. The van der Waals surface area contributed by atoms with Crippen LogP contribution in [-0.2, 0) is 17.6 Å². The largest absolute Gasteiger partial charge is 0.497 e. The van der Waals surface area contributed by atoms with E-state index in [4.69, 9.17) is 14.2 Å². The molecule has 1 saturated heterocycles. The van der Waals surface area contributed by atoms with E-state index in [-0.39, 0.29) is 0 Å². The maximum Gasteiger partial charge on any atom is 0.126 e. The maximum atomic E-state index is 10.6. The first-order valence-corrected chi connectivity index (χ1v) is 10.2. The second-order valence-corrected chi connectivity index (χ2v) is 7.93. The Morgan fingerprint density at radius 1 is 1.07 bits per heavy atom. The van der Waals surface area contributed by atoms with Crippen molar-refractivity contribution in [2.45, 2.75) is 50.3 Å². The van der Waals surface area contributed by atoms with Gasteiger partial charge in [0.25, 0.3) is 0 Å². The Kier molecular flexibility index (Phi) is 5.99. The van der Waals surface area contributed by atoms with Crippen LogP contribution in [0.3, 0.4) is 0 Å². The Morgan fingerprint density at radius 3 is 2.47 bits per heavy atom. The van der Waals surface area contributed by atoms with Crippen molar-refractivity contribution in [3.63, 3.8) is 0 Å². The van der Waals surface area contributed by atoms with Gasteiger partial charge in [0.05, 0.1) is 20.3 Å². The van der Waals surface area contributed by atoms with Crippen molar-refractivity contribution >= 4 is 0 Å². The summed E-state index contributed by atoms with van der Waals surface area (Å²) < 4.78 is 17.0. The Hall–Kier alpha value is -2.16. The monoisotopic (exact) mass is 416 g/mol. The quantitative estimate of drug-likeness (QED) is 0.577. The molecule has 0 aromatic heterocycles. The summed E-state index contributed by atoms with van der Waals surface area (Å²) in [6.45, 7) is 2.08. The van der Waals surface area contributed by atoms with Gasteiger partial charge in [-0.15, -0.1) is 0 Å². The number of hydrogen-bond donors (Lipinski definition) is 4. The van der Waals surface area contributed by atoms with Crippen molar-refractivity contribution in [3.05, 3.63) is 58.1 Å². The fourth-order valence-electron chi connectivity index (χ4n) is 4.38. The topological polar surface area (TPSA) is 109 Å². The highest BCUT2D eigenvalue weighted by Crippen LogP contribution is 2.41. The van der Waals surface area contributed by atoms with E-state index >= 15 is 0 Å². The van der Waals surface area contributed by atoms with Crippen LogP contribution >= 0.6 is 0 Å². The molecule has 2 aliphatic heterocycles. The molecule has 162 valence electrons. The molecule has 4 rings (SSSR count). The second kappa shape index (κ2) is 8.53. The molecule has 0 saturated carbocycles. The summed E-state index contributed by atoms with van der Waals surface area (Å²) in [6.07, 6.45) is -4.52. The molecule has 2 aromatic carbocycles. The zero-order valence-electron chi connectivity index (χ0n) is 17.1. The number of ether oxygens (including phenoxy) is 3. The first kappa shape index (κ1) is 21.1. The van der Waals surface area contributed by atoms with Gasteiger partial charge < -0.3 is 34.6 Å². The maximum absolute atomic E-state index is 10.6. The van der Waals surface area contributed by atoms with Gasteiger partial charge in [-0.25, -0.2) is 0 Å². The van der Waals surface area contributed by atoms with Gasteiger partial charge in [-0.1, -0.05) is 12.1 Å². The Balaban J connectivity index is 1.72. The molecule has 0 bridgehead atoms. The molecule has 7 nitrogen and oxygen atoms in total. The molecule has 0 aliphatic carbocycles. The van der Waals surface area contributed by atoms with E-state index in [0.29, 0.717) is 13.0 Å². The predicted molar refractivity (Wildman–Crippen MR) is 109 cm³/mol. The van der Waals surface area contributed by atoms with E-state index in [1.807, 2.05) is 37.3 Å². The Labute approximate surface area is 175 Å². The minimum atomic E-state index is -1.41. The van der Waals surface area contributed by atoms with Crippen LogP contribution in [0.25, 0.3) is 0 Å². The summed E-state index contributed by atoms with van der Waals surface area (Å²) in [5.41, 5.74) is 4.78. The Morgan fingerprint density at radius 2 is 1.80 bits per heavy atom. The molecule has 1 fully saturated rings. The minimum absolute atomic E-state index is 0.451. The van der Waals surface area contributed by atoms with Crippen LogP contribution in [0.2, 0.25) is 0 Å². The van der Waals surface area contributed by atoms with E-state index in [1.54, 1.807) is 7.11 Å². The van der Waals surface area contributed by atoms with Gasteiger partial charge in [0.15, 0.2) is 0 Å². The molecule has 2 aromatic rings. The van der Waals surface area contributed by atoms with Gasteiger partial charge in [0.2, 0.25) is 0 Å². The van der Waals surface area contributed by atoms with Crippen LogP contribution < -0.4 is 9.47 Å². The zero-order valence-corrected chi connectivity index (χ0v) is 17.1. The molecule has 2 aliphatic rings. The van der Waals surface area contributed by atoms with Crippen LogP contribution in [-0.4, -0.2) is 65.2 Å². The lowest BCUT2D eigenvalue weighted by molar-refractivity contribution is -0.231. The normalized spacial score (nSPS) is 28.1. The molecule has 7 heteroatoms. The summed E-state index contributed by atoms with van der Waals surface area (Å²) in [4.78, 5) is 0. The van der Waals surface area contributed by atoms with Gasteiger partial charge in [0, 0.05) is 18.4 Å². The summed E-state index contributed by atoms with van der Waals surface area (Å²) in [5, 5.41) is 40.5. The molecule has 0 amide bonds. The third kappa shape index (κ3) is 3.68. The van der Waals surface area contributed by atoms with Crippen molar-refractivity contribution in [1.29, 1.82) is 0 Å². The van der Waals surface area contributed by atoms with Crippen LogP contribution in [0, 0.1) is 6.92 Å². The molecular formula is C23H28O7. The lowest BCUT2D eigenvalue weighted by atomic mass is 9.85. The van der Waals surface area contributed by atoms with Crippen molar-refractivity contribution in [1.82, 2.24) is 0 Å². The summed E-state index contributed by atoms with van der Waals surface area (Å²) in [5.74, 6) is 1.64. The van der Waals surface area contributed by atoms with Gasteiger partial charge in [-0.3, -0.25) is 0 Å². The minimum Gasteiger partial charge on any atom is -0.497 e. The number of aliphatic hydroxyl groups is 4. The van der Waals surface area contributed by atoms with E-state index in [2.05, 4.69) is 0 Å². The zero-order chi connectivity index (χ0) is 21.4. The summed E-state index contributed by atoms with van der Waals surface area (Å²) >= 11 is 0. The van der Waals surface area contributed by atoms with E-state index < -0.39 is 37.1 Å². The van der Waals surface area contributed by atoms with E-state index in [0.717, 1.165) is 45.7 Å². The number of hydrogen-bond acceptors (Lipinski definition) is 7. The lowest BCUT2D eigenvalue weighted by Gasteiger charge is -2.41. The molecular weight excluding hydrogens is 388 g/mol. The van der Waals surface area contributed by atoms with Gasteiger partial charge in [0.1, 0.15) is 42.0 Å². The summed E-state index contributed by atoms with van der Waals surface area (Å²) in [7, 11) is 1.63. The van der Waals surface area contributed by atoms with E-state index in [9.17, 15) is 20.4 Å². The van der Waals surface area contributed by atoms with Crippen LogP contribution in [0.1, 0.15) is 33.9 Å². The van der Waals surface area contributed by atoms with Crippen molar-refractivity contribution in [2.24, 2.45) is 0 Å². The van der Waals surface area contributed by atoms with Crippen molar-refractivity contribution < 1.29 is 34.6 Å². The SMILES string of the molecule is COc1ccc(Cc2cc([C@H]3O[C@H](CO)[C@@H](O)[C@H](O)[C@H]3O)c(C)c3c2OCC3)cc1. The number of aliphatic hydroxyl groups excluding tert-OH is 4. The van der Waals surface area contributed by atoms with Gasteiger partial charge in [-0.05, 0) is 47.4 Å². The van der Waals surface area contributed by atoms with Crippen LogP contribution in [0.15, 0.2) is 30.3 Å². The van der Waals surface area contributed by atoms with Crippen LogP contribution in [0.4, 0.5) is 0 Å². The molecule has 30 heavy (non-hydrogen) atoms. The van der Waals surface area contributed by atoms with Crippen LogP contribution in [0.5, 0.6) is 11.5 Å². The molecule has 0 unspecified atom stereocenters. The number of methoxy groups -OCH3 is 1. The fraction of sp³-hybridized carbons (Fsp3) is 0.478. The number of benzene rings is 2. The molecule has 2 heterocycles. The average Bonchev–Trinajstić information content (AvgIpc) is 3.26. The average molecular weight is 416 g/mol. The molecule has 0 spiro atoms. The standard InChI is InChI=1S/C23H28O7/c1-12-16-7-8-29-22(16)14(9-13-3-5-15(28-2)6-4-13)10-17(12)23-21(27)20(26)19(25)18(11-24)30-23/h3-6,10,18-21,23-27H,7-9,11H2,1-2H3/t18-,19-,20+,21-,23-/m1/s1. The number of rotatable bonds is 5. The predicted octanol–water partition coefficient (Wildman–Crippen LogP) is 1.04. The smallest absolute Gasteiger partial charge is 0.126 e.